The van der Waals surface area contributed by atoms with Gasteiger partial charge in [0.1, 0.15) is 19.0 Å². The first-order chi connectivity index (χ1) is 19.3. The third-order valence-corrected chi connectivity index (χ3v) is 10.1. The number of benzene rings is 3. The fourth-order valence-corrected chi connectivity index (χ4v) is 6.84. The van der Waals surface area contributed by atoms with Gasteiger partial charge in [-0.25, -0.2) is 8.78 Å². The summed E-state index contributed by atoms with van der Waals surface area (Å²) in [6.45, 7) is 7.20. The molecule has 3 aromatic rings. The summed E-state index contributed by atoms with van der Waals surface area (Å²) in [5, 5.41) is -4.51. The highest BCUT2D eigenvalue weighted by Crippen LogP contribution is 2.39. The fourth-order valence-electron chi connectivity index (χ4n) is 4.28. The van der Waals surface area contributed by atoms with Gasteiger partial charge in [0.2, 0.25) is 0 Å². The van der Waals surface area contributed by atoms with Crippen LogP contribution in [-0.2, 0) is 41.7 Å². The number of hydrogen-bond donors (Lipinski definition) is 1. The summed E-state index contributed by atoms with van der Waals surface area (Å²) < 4.78 is 103. The lowest BCUT2D eigenvalue weighted by Gasteiger charge is -2.37. The molecular formula is C30H33F4O6S2+. The van der Waals surface area contributed by atoms with Crippen molar-refractivity contribution in [1.29, 1.82) is 0 Å². The second kappa shape index (κ2) is 11.5. The van der Waals surface area contributed by atoms with Crippen LogP contribution >= 0.6 is 0 Å². The van der Waals surface area contributed by atoms with E-state index in [1.54, 1.807) is 31.2 Å². The summed E-state index contributed by atoms with van der Waals surface area (Å²) in [5.41, 5.74) is 1.60. The van der Waals surface area contributed by atoms with E-state index in [9.17, 15) is 26.0 Å². The number of alkyl halides is 4. The van der Waals surface area contributed by atoms with E-state index < -0.39 is 57.3 Å². The van der Waals surface area contributed by atoms with Crippen molar-refractivity contribution >= 4 is 21.0 Å². The van der Waals surface area contributed by atoms with Crippen molar-refractivity contribution in [2.75, 3.05) is 13.2 Å². The van der Waals surface area contributed by atoms with Crippen LogP contribution in [0.1, 0.15) is 45.7 Å². The molecule has 4 rings (SSSR count). The average molecular weight is 630 g/mol. The highest BCUT2D eigenvalue weighted by atomic mass is 32.2. The van der Waals surface area contributed by atoms with Gasteiger partial charge in [-0.1, -0.05) is 45.0 Å². The van der Waals surface area contributed by atoms with Crippen LogP contribution < -0.4 is 4.74 Å². The first-order valence-electron chi connectivity index (χ1n) is 13.1. The summed E-state index contributed by atoms with van der Waals surface area (Å²) in [7, 11) is -6.42. The molecule has 228 valence electrons. The zero-order chi connectivity index (χ0) is 31.1. The maximum absolute atomic E-state index is 14.0. The molecule has 6 nitrogen and oxygen atoms in total. The smallest absolute Gasteiger partial charge is 0.405 e. The summed E-state index contributed by atoms with van der Waals surface area (Å²) >= 11 is 0. The Bertz CT molecular complexity index is 1490. The summed E-state index contributed by atoms with van der Waals surface area (Å²) in [5.74, 6) is -4.48. The van der Waals surface area contributed by atoms with Gasteiger partial charge in [0.05, 0.1) is 10.9 Å². The highest BCUT2D eigenvalue weighted by Gasteiger charge is 2.51. The summed E-state index contributed by atoms with van der Waals surface area (Å²) in [6, 6.07) is 21.6. The second-order valence-electron chi connectivity index (χ2n) is 11.3. The van der Waals surface area contributed by atoms with Crippen LogP contribution in [-0.4, -0.2) is 43.5 Å². The van der Waals surface area contributed by atoms with Gasteiger partial charge in [-0.3, -0.25) is 4.55 Å². The van der Waals surface area contributed by atoms with Gasteiger partial charge >= 0.3 is 15.4 Å². The number of rotatable bonds is 8. The van der Waals surface area contributed by atoms with E-state index in [0.717, 1.165) is 27.2 Å². The van der Waals surface area contributed by atoms with Gasteiger partial charge in [-0.05, 0) is 67.3 Å². The van der Waals surface area contributed by atoms with E-state index >= 15 is 0 Å². The van der Waals surface area contributed by atoms with Crippen molar-refractivity contribution in [3.05, 3.63) is 83.9 Å². The van der Waals surface area contributed by atoms with Crippen LogP contribution in [0.25, 0.3) is 0 Å². The minimum absolute atomic E-state index is 0.0209. The molecule has 12 heteroatoms. The third kappa shape index (κ3) is 6.94. The summed E-state index contributed by atoms with van der Waals surface area (Å²) in [4.78, 5) is 2.53. The second-order valence-corrected chi connectivity index (χ2v) is 14.8. The molecule has 0 aliphatic carbocycles. The quantitative estimate of drug-likeness (QED) is 0.162. The Balaban J connectivity index is 1.72. The van der Waals surface area contributed by atoms with Gasteiger partial charge in [-0.15, -0.1) is 0 Å². The van der Waals surface area contributed by atoms with Crippen LogP contribution in [0.3, 0.4) is 0 Å². The van der Waals surface area contributed by atoms with Crippen LogP contribution in [0.4, 0.5) is 17.6 Å². The first-order valence-corrected chi connectivity index (χ1v) is 15.7. The Morgan fingerprint density at radius 1 is 0.905 bits per heavy atom. The Labute approximate surface area is 246 Å². The van der Waals surface area contributed by atoms with Crippen LogP contribution in [0.2, 0.25) is 0 Å². The molecule has 1 heterocycles. The predicted molar refractivity (Wildman–Crippen MR) is 151 cm³/mol. The van der Waals surface area contributed by atoms with Gasteiger partial charge in [-0.2, -0.15) is 17.2 Å². The normalized spacial score (nSPS) is 18.7. The molecule has 0 saturated carbocycles. The maximum atomic E-state index is 14.0. The molecule has 3 aromatic carbocycles. The molecule has 0 bridgehead atoms. The predicted octanol–water partition coefficient (Wildman–Crippen LogP) is 7.18. The molecule has 2 atom stereocenters. The van der Waals surface area contributed by atoms with Crippen LogP contribution in [0, 0.1) is 0 Å². The van der Waals surface area contributed by atoms with Crippen molar-refractivity contribution in [2.24, 2.45) is 0 Å². The van der Waals surface area contributed by atoms with E-state index in [1.165, 1.54) is 12.1 Å². The molecule has 1 N–H and O–H groups in total. The van der Waals surface area contributed by atoms with Gasteiger partial charge in [0.25, 0.3) is 5.92 Å². The number of halogens is 4. The van der Waals surface area contributed by atoms with Crippen LogP contribution in [0.15, 0.2) is 87.5 Å². The zero-order valence-electron chi connectivity index (χ0n) is 23.7. The first kappa shape index (κ1) is 32.3. The van der Waals surface area contributed by atoms with E-state index in [-0.39, 0.29) is 11.2 Å². The van der Waals surface area contributed by atoms with Crippen LogP contribution in [0.5, 0.6) is 5.75 Å². The SMILES string of the molecule is CC(Oc1ccc([S+](c2ccc(C(C)(C)C)cc2)c2cccc(C3(C)OCC(F)(F)CO3)c2)cc1)C(F)(F)S(=O)(=O)O. The minimum atomic E-state index is -5.67. The molecule has 0 spiro atoms. The van der Waals surface area contributed by atoms with E-state index in [0.29, 0.717) is 5.56 Å². The average Bonchev–Trinajstić information content (AvgIpc) is 2.91. The topological polar surface area (TPSA) is 82.1 Å². The van der Waals surface area contributed by atoms with E-state index in [4.69, 9.17) is 18.8 Å². The number of ether oxygens (including phenoxy) is 3. The molecule has 2 unspecified atom stereocenters. The molecule has 0 aromatic heterocycles. The van der Waals surface area contributed by atoms with Crippen molar-refractivity contribution in [2.45, 2.75) is 77.8 Å². The molecule has 42 heavy (non-hydrogen) atoms. The molecule has 1 aliphatic heterocycles. The third-order valence-electron chi connectivity index (χ3n) is 6.86. The molecule has 0 radical (unpaired) electrons. The Kier molecular flexibility index (Phi) is 8.81. The largest absolute Gasteiger partial charge is 0.483 e. The van der Waals surface area contributed by atoms with Gasteiger partial charge in [0, 0.05) is 11.6 Å². The lowest BCUT2D eigenvalue weighted by atomic mass is 9.87. The Morgan fingerprint density at radius 3 is 1.93 bits per heavy atom. The van der Waals surface area contributed by atoms with Crippen molar-refractivity contribution in [3.8, 4) is 5.75 Å². The maximum Gasteiger partial charge on any atom is 0.405 e. The lowest BCUT2D eigenvalue weighted by molar-refractivity contribution is -0.328. The van der Waals surface area contributed by atoms with Crippen molar-refractivity contribution < 1.29 is 44.7 Å². The summed E-state index contributed by atoms with van der Waals surface area (Å²) in [6.07, 6.45) is -2.15. The Hall–Kier alpha value is -2.64. The molecule has 1 aliphatic rings. The monoisotopic (exact) mass is 629 g/mol. The minimum Gasteiger partial charge on any atom is -0.483 e. The Morgan fingerprint density at radius 2 is 1.43 bits per heavy atom. The zero-order valence-corrected chi connectivity index (χ0v) is 25.4. The highest BCUT2D eigenvalue weighted by molar-refractivity contribution is 7.97. The molecule has 1 saturated heterocycles. The molecule has 0 amide bonds. The number of hydrogen-bond acceptors (Lipinski definition) is 5. The van der Waals surface area contributed by atoms with Crippen molar-refractivity contribution in [3.63, 3.8) is 0 Å². The van der Waals surface area contributed by atoms with E-state index in [2.05, 4.69) is 20.8 Å². The van der Waals surface area contributed by atoms with Gasteiger partial charge < -0.3 is 14.2 Å². The fraction of sp³-hybridized carbons (Fsp3) is 0.400. The molecule has 1 fully saturated rings. The standard InChI is InChI=1S/C30H32F4O6S2/c1-20(30(33,34)42(35,36)37)40-23-11-15-25(16-12-23)41(24-13-9-21(10-14-24)27(2,3)4)26-8-6-7-22(17-26)28(5)38-18-29(31,32)19-39-28/h6-17,20H,18-19H2,1-5H3/p+1. The van der Waals surface area contributed by atoms with E-state index in [1.807, 2.05) is 36.4 Å². The lowest BCUT2D eigenvalue weighted by Crippen LogP contribution is -2.46. The van der Waals surface area contributed by atoms with Gasteiger partial charge in [0.15, 0.2) is 26.6 Å². The van der Waals surface area contributed by atoms with Crippen molar-refractivity contribution in [1.82, 2.24) is 0 Å². The molecular weight excluding hydrogens is 596 g/mol.